The molecule has 0 radical (unpaired) electrons. The second-order valence-corrected chi connectivity index (χ2v) is 8.49. The number of rotatable bonds is 4. The van der Waals surface area contributed by atoms with Crippen LogP contribution in [0.4, 0.5) is 11.4 Å². The van der Waals surface area contributed by atoms with E-state index in [2.05, 4.69) is 72.6 Å². The van der Waals surface area contributed by atoms with Crippen molar-refractivity contribution >= 4 is 17.3 Å². The normalized spacial score (nSPS) is 17.4. The summed E-state index contributed by atoms with van der Waals surface area (Å²) in [5.41, 5.74) is 6.06. The molecule has 1 fully saturated rings. The van der Waals surface area contributed by atoms with E-state index < -0.39 is 5.66 Å². The van der Waals surface area contributed by atoms with Gasteiger partial charge in [0.2, 0.25) is 0 Å². The van der Waals surface area contributed by atoms with Crippen LogP contribution >= 0.6 is 0 Å². The molecule has 30 heavy (non-hydrogen) atoms. The van der Waals surface area contributed by atoms with Crippen molar-refractivity contribution in [3.05, 3.63) is 95.1 Å². The molecule has 0 bridgehead atoms. The lowest BCUT2D eigenvalue weighted by Crippen LogP contribution is -2.76. The highest BCUT2D eigenvalue weighted by Crippen LogP contribution is 2.40. The molecule has 5 rings (SSSR count). The first kappa shape index (κ1) is 18.9. The number of hydrogen-bond donors (Lipinski definition) is 1. The average molecular weight is 398 g/mol. The zero-order valence-electron chi connectivity index (χ0n) is 17.6. The van der Waals surface area contributed by atoms with Crippen LogP contribution in [0.25, 0.3) is 0 Å². The summed E-state index contributed by atoms with van der Waals surface area (Å²) in [5, 5.41) is 3.70. The van der Waals surface area contributed by atoms with Crippen molar-refractivity contribution in [3.8, 4) is 0 Å². The SMILES string of the molecule is CCc1ccc(CN2CC3(C2)Nc2ccccc2C(=O)N3c2ccc(C)cc2)cc1. The number of benzene rings is 3. The van der Waals surface area contributed by atoms with Crippen molar-refractivity contribution < 1.29 is 4.79 Å². The molecule has 152 valence electrons. The molecule has 4 nitrogen and oxygen atoms in total. The Bertz CT molecular complexity index is 1070. The van der Waals surface area contributed by atoms with E-state index in [1.165, 1.54) is 16.7 Å². The number of carbonyl (C=O) groups excluding carboxylic acids is 1. The molecular weight excluding hydrogens is 370 g/mol. The van der Waals surface area contributed by atoms with Crippen molar-refractivity contribution in [1.29, 1.82) is 0 Å². The maximum Gasteiger partial charge on any atom is 0.262 e. The zero-order valence-corrected chi connectivity index (χ0v) is 17.6. The minimum absolute atomic E-state index is 0.0696. The molecule has 2 heterocycles. The lowest BCUT2D eigenvalue weighted by molar-refractivity contribution is 0.0609. The highest BCUT2D eigenvalue weighted by Gasteiger charge is 2.53. The molecule has 0 aliphatic carbocycles. The van der Waals surface area contributed by atoms with Gasteiger partial charge in [0.25, 0.3) is 5.91 Å². The molecule has 0 unspecified atom stereocenters. The Balaban J connectivity index is 1.43. The van der Waals surface area contributed by atoms with Crippen molar-refractivity contribution in [3.63, 3.8) is 0 Å². The molecule has 0 atom stereocenters. The molecule has 3 aromatic carbocycles. The van der Waals surface area contributed by atoms with Gasteiger partial charge in [0.15, 0.2) is 0 Å². The number of para-hydroxylation sites is 1. The largest absolute Gasteiger partial charge is 0.360 e. The third-order valence-electron chi connectivity index (χ3n) is 6.26. The smallest absolute Gasteiger partial charge is 0.262 e. The van der Waals surface area contributed by atoms with Crippen LogP contribution in [-0.2, 0) is 13.0 Å². The van der Waals surface area contributed by atoms with Gasteiger partial charge < -0.3 is 5.32 Å². The number of nitrogens with zero attached hydrogens (tertiary/aromatic N) is 2. The first-order valence-electron chi connectivity index (χ1n) is 10.7. The molecule has 1 saturated heterocycles. The summed E-state index contributed by atoms with van der Waals surface area (Å²) in [5.74, 6) is 0.0696. The van der Waals surface area contributed by atoms with E-state index in [-0.39, 0.29) is 5.91 Å². The van der Waals surface area contributed by atoms with Gasteiger partial charge >= 0.3 is 0 Å². The van der Waals surface area contributed by atoms with Crippen molar-refractivity contribution in [2.75, 3.05) is 23.3 Å². The summed E-state index contributed by atoms with van der Waals surface area (Å²) in [6.07, 6.45) is 1.06. The molecule has 4 heteroatoms. The molecular formula is C26H27N3O. The fraction of sp³-hybridized carbons (Fsp3) is 0.269. The monoisotopic (exact) mass is 397 g/mol. The van der Waals surface area contributed by atoms with Gasteiger partial charge in [0.1, 0.15) is 5.66 Å². The number of likely N-dealkylation sites (tertiary alicyclic amines) is 1. The van der Waals surface area contributed by atoms with Gasteiger partial charge in [0.05, 0.1) is 5.56 Å². The van der Waals surface area contributed by atoms with E-state index in [0.29, 0.717) is 0 Å². The van der Waals surface area contributed by atoms with Crippen LogP contribution in [0.5, 0.6) is 0 Å². The van der Waals surface area contributed by atoms with Crippen LogP contribution in [0.2, 0.25) is 0 Å². The van der Waals surface area contributed by atoms with Crippen LogP contribution in [0.1, 0.15) is 34.0 Å². The Morgan fingerprint density at radius 1 is 0.900 bits per heavy atom. The third-order valence-corrected chi connectivity index (χ3v) is 6.26. The van der Waals surface area contributed by atoms with Gasteiger partial charge in [-0.15, -0.1) is 0 Å². The highest BCUT2D eigenvalue weighted by atomic mass is 16.2. The maximum atomic E-state index is 13.5. The minimum Gasteiger partial charge on any atom is -0.360 e. The van der Waals surface area contributed by atoms with Gasteiger partial charge in [-0.3, -0.25) is 14.6 Å². The van der Waals surface area contributed by atoms with Gasteiger partial charge in [-0.25, -0.2) is 0 Å². The van der Waals surface area contributed by atoms with Crippen LogP contribution in [0.15, 0.2) is 72.8 Å². The van der Waals surface area contributed by atoms with Gasteiger partial charge in [-0.2, -0.15) is 0 Å². The minimum atomic E-state index is -0.413. The Hall–Kier alpha value is -3.11. The van der Waals surface area contributed by atoms with Crippen molar-refractivity contribution in [2.45, 2.75) is 32.5 Å². The Kier molecular flexibility index (Phi) is 4.59. The van der Waals surface area contributed by atoms with E-state index in [4.69, 9.17) is 0 Å². The van der Waals surface area contributed by atoms with Crippen LogP contribution < -0.4 is 10.2 Å². The number of amides is 1. The van der Waals surface area contributed by atoms with Crippen molar-refractivity contribution in [2.24, 2.45) is 0 Å². The standard InChI is InChI=1S/C26H27N3O/c1-3-20-10-12-21(13-11-20)16-28-17-26(18-28)27-24-7-5-4-6-23(24)25(30)29(26)22-14-8-19(2)9-15-22/h4-15,27H,3,16-18H2,1-2H3. The molecule has 3 aromatic rings. The van der Waals surface area contributed by atoms with Crippen molar-refractivity contribution in [1.82, 2.24) is 4.90 Å². The first-order valence-corrected chi connectivity index (χ1v) is 10.7. The fourth-order valence-corrected chi connectivity index (χ4v) is 4.62. The number of carbonyl (C=O) groups is 1. The highest BCUT2D eigenvalue weighted by molar-refractivity contribution is 6.13. The Morgan fingerprint density at radius 3 is 2.27 bits per heavy atom. The fourth-order valence-electron chi connectivity index (χ4n) is 4.62. The van der Waals surface area contributed by atoms with E-state index in [9.17, 15) is 4.79 Å². The molecule has 1 N–H and O–H groups in total. The average Bonchev–Trinajstić information content (AvgIpc) is 2.74. The number of aryl methyl sites for hydroxylation is 2. The summed E-state index contributed by atoms with van der Waals surface area (Å²) in [7, 11) is 0. The molecule has 0 saturated carbocycles. The predicted octanol–water partition coefficient (Wildman–Crippen LogP) is 4.84. The van der Waals surface area contributed by atoms with Gasteiger partial charge in [0, 0.05) is 31.0 Å². The van der Waals surface area contributed by atoms with E-state index in [1.807, 2.05) is 29.2 Å². The van der Waals surface area contributed by atoms with Gasteiger partial charge in [-0.05, 0) is 48.7 Å². The summed E-state index contributed by atoms with van der Waals surface area (Å²) in [6, 6.07) is 24.9. The topological polar surface area (TPSA) is 35.6 Å². The molecule has 1 amide bonds. The van der Waals surface area contributed by atoms with Crippen LogP contribution in [0.3, 0.4) is 0 Å². The summed E-state index contributed by atoms with van der Waals surface area (Å²) in [4.78, 5) is 17.9. The lowest BCUT2D eigenvalue weighted by Gasteiger charge is -2.58. The molecule has 2 aliphatic rings. The molecule has 2 aliphatic heterocycles. The van der Waals surface area contributed by atoms with Crippen LogP contribution in [-0.4, -0.2) is 29.6 Å². The summed E-state index contributed by atoms with van der Waals surface area (Å²) in [6.45, 7) is 6.72. The second-order valence-electron chi connectivity index (χ2n) is 8.49. The number of anilines is 2. The summed E-state index contributed by atoms with van der Waals surface area (Å²) >= 11 is 0. The van der Waals surface area contributed by atoms with Gasteiger partial charge in [-0.1, -0.05) is 61.0 Å². The molecule has 1 spiro atoms. The third kappa shape index (κ3) is 3.17. The summed E-state index contributed by atoms with van der Waals surface area (Å²) < 4.78 is 0. The zero-order chi connectivity index (χ0) is 20.7. The quantitative estimate of drug-likeness (QED) is 0.684. The van der Waals surface area contributed by atoms with E-state index in [1.54, 1.807) is 0 Å². The van der Waals surface area contributed by atoms with E-state index in [0.717, 1.165) is 43.0 Å². The van der Waals surface area contributed by atoms with Crippen LogP contribution in [0, 0.1) is 6.92 Å². The first-order chi connectivity index (χ1) is 14.6. The maximum absolute atomic E-state index is 13.5. The molecule has 0 aromatic heterocycles. The number of fused-ring (bicyclic) bond motifs is 1. The Labute approximate surface area is 178 Å². The Morgan fingerprint density at radius 2 is 1.57 bits per heavy atom. The van der Waals surface area contributed by atoms with E-state index >= 15 is 0 Å². The predicted molar refractivity (Wildman–Crippen MR) is 122 cm³/mol. The lowest BCUT2D eigenvalue weighted by atomic mass is 9.90. The number of hydrogen-bond acceptors (Lipinski definition) is 3. The number of nitrogens with one attached hydrogen (secondary N) is 1. The second kappa shape index (κ2) is 7.29.